The Hall–Kier alpha value is -5.82. The summed E-state index contributed by atoms with van der Waals surface area (Å²) in [7, 11) is 10.2. The molecule has 27 heteroatoms. The Kier molecular flexibility index (Phi) is 28.9. The molecule has 4 saturated carbocycles. The van der Waals surface area contributed by atoms with Crippen LogP contribution in [0, 0.1) is 17.8 Å². The predicted molar refractivity (Wildman–Crippen MR) is 363 cm³/mol. The minimum Gasteiger partial charge on any atom is -0.378 e. The first-order valence-corrected chi connectivity index (χ1v) is 36.7. The Balaban J connectivity index is 1.24. The Morgan fingerprint density at radius 2 is 1.21 bits per heavy atom. The lowest BCUT2D eigenvalue weighted by molar-refractivity contribution is -0.157. The van der Waals surface area contributed by atoms with E-state index in [-0.39, 0.29) is 73.9 Å². The van der Waals surface area contributed by atoms with Crippen molar-refractivity contribution in [3.05, 3.63) is 0 Å². The Morgan fingerprint density at radius 1 is 0.594 bits per heavy atom. The molecule has 1 spiro atoms. The number of carbonyl (C=O) groups excluding carboxylic acids is 12. The maximum atomic E-state index is 15.7. The van der Waals surface area contributed by atoms with Crippen LogP contribution in [0.2, 0.25) is 0 Å². The van der Waals surface area contributed by atoms with Crippen molar-refractivity contribution in [2.24, 2.45) is 17.8 Å². The molecule has 11 atom stereocenters. The molecule has 0 radical (unpaired) electrons. The smallest absolute Gasteiger partial charge is 0.248 e. The van der Waals surface area contributed by atoms with Crippen LogP contribution < -0.4 is 16.0 Å². The van der Waals surface area contributed by atoms with Crippen LogP contribution in [0.1, 0.15) is 188 Å². The number of hydrogen-bond donors (Lipinski definition) is 3. The molecule has 3 N–H and O–H groups in total. The zero-order valence-corrected chi connectivity index (χ0v) is 60.4. The number of amides is 12. The van der Waals surface area contributed by atoms with Crippen LogP contribution >= 0.6 is 23.2 Å². The van der Waals surface area contributed by atoms with Gasteiger partial charge in [-0.2, -0.15) is 0 Å². The number of nitrogens with zero attached hydrogens (tertiary/aromatic N) is 9. The van der Waals surface area contributed by atoms with Crippen LogP contribution in [0.5, 0.6) is 0 Å². The quantitative estimate of drug-likeness (QED) is 0.258. The number of fused-ring (bicyclic) bond motifs is 1. The number of hydrogen-bond acceptors (Lipinski definition) is 13. The third kappa shape index (κ3) is 19.5. The van der Waals surface area contributed by atoms with E-state index < -0.39 is 151 Å². The van der Waals surface area contributed by atoms with Gasteiger partial charge in [-0.05, 0) is 115 Å². The van der Waals surface area contributed by atoms with Crippen molar-refractivity contribution >= 4 is 94.1 Å². The lowest BCUT2D eigenvalue weighted by Crippen LogP contribution is -2.65. The van der Waals surface area contributed by atoms with Gasteiger partial charge in [0.2, 0.25) is 70.9 Å². The molecule has 0 bridgehead atoms. The highest BCUT2D eigenvalue weighted by Gasteiger charge is 2.51. The molecule has 0 aromatic rings. The van der Waals surface area contributed by atoms with Crippen molar-refractivity contribution in [2.45, 2.75) is 252 Å². The SMILES string of the molecule is CC[C@H](C)[C@@H]1NC(=O)[C@H](C)N(C)C(=O)C[C@@H](C(=O)N2CCCCC2)N(C)C(=O)[C@H](C2CCCCC2)N(C)C(=O)C2(CCCC2)NC(=O)[C@@H]2CCCN2C(=O)[C@H](CCOC2CCC(Cl)C(Cl)C2)NC(=O)CN(C)C(=O)[C@H](CC2CCCCC2)N(C)C(=O)CN(C)C(=O)CN(C)C1=O. The van der Waals surface area contributed by atoms with Gasteiger partial charge >= 0.3 is 0 Å². The minimum atomic E-state index is -1.49. The summed E-state index contributed by atoms with van der Waals surface area (Å²) in [5.41, 5.74) is -1.49. The number of alkyl halides is 2. The van der Waals surface area contributed by atoms with Gasteiger partial charge in [0, 0.05) is 75.6 Å². The number of halogens is 2. The molecule has 12 amide bonds. The third-order valence-corrected chi connectivity index (χ3v) is 23.3. The van der Waals surface area contributed by atoms with Crippen molar-refractivity contribution in [1.82, 2.24) is 60.0 Å². The molecular formula is C69H112Cl2N12O13. The van der Waals surface area contributed by atoms with Crippen molar-refractivity contribution < 1.29 is 62.3 Å². The van der Waals surface area contributed by atoms with E-state index in [0.29, 0.717) is 70.9 Å². The molecule has 96 heavy (non-hydrogen) atoms. The van der Waals surface area contributed by atoms with Crippen molar-refractivity contribution in [2.75, 3.05) is 95.2 Å². The summed E-state index contributed by atoms with van der Waals surface area (Å²) < 4.78 is 6.30. The standard InChI is InChI=1S/C69H112Cl2N12O13/c1-11-44(2)59-66(93)77(6)42-57(86)75(4)43-58(87)79(8)53(38-46-24-15-12-16-25-46)64(91)76(5)41-55(84)72-51(31-37-96-48-29-30-49(70)50(71)39-48)63(90)83-36-23-28-52(83)62(89)74-69(32-19-20-33-69)68(95)81(10)60(47-26-17-13-18-27-47)67(94)80(9)54(65(92)82-34-21-14-22-35-82)40-56(85)78(7)45(3)61(88)73-59/h44-54,59-60H,11-43H2,1-10H3,(H,72,84)(H,73,88)(H,74,89)/t44-,45-,48?,49?,50?,51-,52-,53-,54-,59-,60-/m0/s1. The second-order valence-electron chi connectivity index (χ2n) is 29.0. The third-order valence-electron chi connectivity index (χ3n) is 22.2. The Morgan fingerprint density at radius 3 is 1.84 bits per heavy atom. The predicted octanol–water partition coefficient (Wildman–Crippen LogP) is 4.27. The van der Waals surface area contributed by atoms with Gasteiger partial charge < -0.3 is 64.8 Å². The van der Waals surface area contributed by atoms with Crippen LogP contribution in [-0.2, 0) is 62.3 Å². The van der Waals surface area contributed by atoms with Gasteiger partial charge in [-0.3, -0.25) is 57.5 Å². The maximum Gasteiger partial charge on any atom is 0.248 e. The first kappa shape index (κ1) is 77.5. The largest absolute Gasteiger partial charge is 0.378 e. The van der Waals surface area contributed by atoms with E-state index >= 15 is 19.2 Å². The fourth-order valence-corrected chi connectivity index (χ4v) is 16.0. The highest BCUT2D eigenvalue weighted by molar-refractivity contribution is 6.30. The molecule has 3 saturated heterocycles. The molecule has 4 aliphatic carbocycles. The summed E-state index contributed by atoms with van der Waals surface area (Å²) in [5, 5.41) is 8.31. The molecule has 25 nitrogen and oxygen atoms in total. The van der Waals surface area contributed by atoms with Crippen LogP contribution in [0.4, 0.5) is 0 Å². The number of ether oxygens (including phenoxy) is 1. The van der Waals surface area contributed by atoms with Gasteiger partial charge in [-0.15, -0.1) is 23.2 Å². The lowest BCUT2D eigenvalue weighted by atomic mass is 9.81. The van der Waals surface area contributed by atoms with E-state index in [1.54, 1.807) is 18.9 Å². The van der Waals surface area contributed by atoms with Crippen LogP contribution in [-0.4, -0.2) is 275 Å². The normalized spacial score (nSPS) is 30.6. The fourth-order valence-electron chi connectivity index (χ4n) is 15.5. The molecule has 540 valence electrons. The van der Waals surface area contributed by atoms with Crippen molar-refractivity contribution in [1.29, 1.82) is 0 Å². The highest BCUT2D eigenvalue weighted by atomic mass is 35.5. The van der Waals surface area contributed by atoms with Crippen LogP contribution in [0.3, 0.4) is 0 Å². The molecule has 0 aromatic heterocycles. The van der Waals surface area contributed by atoms with Crippen LogP contribution in [0.15, 0.2) is 0 Å². The first-order valence-electron chi connectivity index (χ1n) is 35.8. The number of likely N-dealkylation sites (tertiary alicyclic amines) is 1. The second kappa shape index (κ2) is 35.8. The van der Waals surface area contributed by atoms with Gasteiger partial charge in [-0.25, -0.2) is 0 Å². The zero-order chi connectivity index (χ0) is 70.3. The summed E-state index contributed by atoms with van der Waals surface area (Å²) >= 11 is 13.0. The minimum absolute atomic E-state index is 0.0136. The second-order valence-corrected chi connectivity index (χ2v) is 30.1. The highest BCUT2D eigenvalue weighted by Crippen LogP contribution is 2.37. The first-order chi connectivity index (χ1) is 45.6. The van der Waals surface area contributed by atoms with E-state index in [2.05, 4.69) is 16.0 Å². The van der Waals surface area contributed by atoms with E-state index in [1.165, 1.54) is 83.5 Å². The number of likely N-dealkylation sites (N-methyl/N-ethyl adjacent to an activating group) is 7. The molecule has 7 aliphatic rings. The molecule has 7 rings (SSSR count). The Labute approximate surface area is 579 Å². The van der Waals surface area contributed by atoms with Crippen LogP contribution in [0.25, 0.3) is 0 Å². The van der Waals surface area contributed by atoms with Gasteiger partial charge in [0.25, 0.3) is 0 Å². The average molecular weight is 1390 g/mol. The van der Waals surface area contributed by atoms with Gasteiger partial charge in [0.05, 0.1) is 42.9 Å². The maximum absolute atomic E-state index is 15.7. The summed E-state index contributed by atoms with van der Waals surface area (Å²) in [6.07, 6.45) is 14.6. The molecule has 3 unspecified atom stereocenters. The van der Waals surface area contributed by atoms with E-state index in [4.69, 9.17) is 27.9 Å². The number of piperidine rings is 1. The molecule has 7 fully saturated rings. The fraction of sp³-hybridized carbons (Fsp3) is 0.826. The summed E-state index contributed by atoms with van der Waals surface area (Å²) in [6, 6.07) is -8.17. The van der Waals surface area contributed by atoms with Gasteiger partial charge in [-0.1, -0.05) is 84.5 Å². The number of rotatable bonds is 10. The molecular weight excluding hydrogens is 1280 g/mol. The number of carbonyl (C=O) groups is 12. The monoisotopic (exact) mass is 1390 g/mol. The van der Waals surface area contributed by atoms with Crippen molar-refractivity contribution in [3.8, 4) is 0 Å². The molecule has 3 heterocycles. The zero-order valence-electron chi connectivity index (χ0n) is 58.9. The summed E-state index contributed by atoms with van der Waals surface area (Å²) in [6.45, 7) is 4.63. The van der Waals surface area contributed by atoms with Crippen molar-refractivity contribution in [3.63, 3.8) is 0 Å². The van der Waals surface area contributed by atoms with E-state index in [9.17, 15) is 38.4 Å². The number of nitrogens with one attached hydrogen (secondary N) is 3. The average Bonchev–Trinajstić information content (AvgIpc) is 1.46. The van der Waals surface area contributed by atoms with E-state index in [0.717, 1.165) is 75.5 Å². The lowest BCUT2D eigenvalue weighted by Gasteiger charge is -2.43. The molecule has 3 aliphatic heterocycles. The Bertz CT molecular complexity index is 2760. The van der Waals surface area contributed by atoms with E-state index in [1.807, 2.05) is 6.92 Å². The van der Waals surface area contributed by atoms with Gasteiger partial charge in [0.1, 0.15) is 47.8 Å². The summed E-state index contributed by atoms with van der Waals surface area (Å²) in [5.74, 6) is -7.68. The molecule has 0 aromatic carbocycles. The summed E-state index contributed by atoms with van der Waals surface area (Å²) in [4.78, 5) is 190. The topological polar surface area (TPSA) is 279 Å². The van der Waals surface area contributed by atoms with Gasteiger partial charge in [0.15, 0.2) is 0 Å².